The molecule has 2 atom stereocenters. The van der Waals surface area contributed by atoms with Crippen molar-refractivity contribution < 1.29 is 9.90 Å². The Hall–Kier alpha value is -0.870. The molecule has 2 unspecified atom stereocenters. The molecule has 0 spiro atoms. The number of likely N-dealkylation sites (tertiary alicyclic amines) is 1. The standard InChI is InChI=1S/C15H23NO2S/c1-11-5-7-14(19-11)12(2)16-9-3-4-13(10-16)6-8-15(17)18/h5,7,12-13H,3-4,6,8-10H2,1-2H3,(H,17,18). The quantitative estimate of drug-likeness (QED) is 0.894. The smallest absolute Gasteiger partial charge is 0.303 e. The van der Waals surface area contributed by atoms with Gasteiger partial charge in [0.15, 0.2) is 0 Å². The van der Waals surface area contributed by atoms with E-state index < -0.39 is 5.97 Å². The minimum absolute atomic E-state index is 0.311. The van der Waals surface area contributed by atoms with Crippen LogP contribution in [0, 0.1) is 12.8 Å². The van der Waals surface area contributed by atoms with E-state index in [0.29, 0.717) is 18.4 Å². The van der Waals surface area contributed by atoms with Crippen molar-refractivity contribution in [2.45, 2.75) is 45.6 Å². The van der Waals surface area contributed by atoms with E-state index in [-0.39, 0.29) is 0 Å². The predicted molar refractivity (Wildman–Crippen MR) is 78.6 cm³/mol. The van der Waals surface area contributed by atoms with E-state index in [4.69, 9.17) is 5.11 Å². The fraction of sp³-hybridized carbons (Fsp3) is 0.667. The highest BCUT2D eigenvalue weighted by molar-refractivity contribution is 7.12. The molecule has 1 saturated heterocycles. The van der Waals surface area contributed by atoms with Crippen molar-refractivity contribution in [1.29, 1.82) is 0 Å². The van der Waals surface area contributed by atoms with Crippen LogP contribution < -0.4 is 0 Å². The zero-order valence-electron chi connectivity index (χ0n) is 11.8. The third-order valence-electron chi connectivity index (χ3n) is 4.04. The molecule has 1 aliphatic heterocycles. The lowest BCUT2D eigenvalue weighted by Gasteiger charge is -2.36. The number of piperidine rings is 1. The summed E-state index contributed by atoms with van der Waals surface area (Å²) in [6.45, 7) is 6.60. The third-order valence-corrected chi connectivity index (χ3v) is 5.21. The molecule has 0 radical (unpaired) electrons. The number of rotatable bonds is 5. The first-order valence-electron chi connectivity index (χ1n) is 7.08. The highest BCUT2D eigenvalue weighted by Crippen LogP contribution is 2.31. The molecule has 1 aromatic rings. The second kappa shape index (κ2) is 6.53. The lowest BCUT2D eigenvalue weighted by molar-refractivity contribution is -0.137. The molecule has 19 heavy (non-hydrogen) atoms. The molecule has 2 rings (SSSR count). The number of nitrogens with zero attached hydrogens (tertiary/aromatic N) is 1. The lowest BCUT2D eigenvalue weighted by atomic mass is 9.92. The van der Waals surface area contributed by atoms with Crippen molar-refractivity contribution >= 4 is 17.3 Å². The monoisotopic (exact) mass is 281 g/mol. The number of aliphatic carboxylic acids is 1. The van der Waals surface area contributed by atoms with Crippen molar-refractivity contribution in [2.75, 3.05) is 13.1 Å². The van der Waals surface area contributed by atoms with Gasteiger partial charge in [0.25, 0.3) is 0 Å². The van der Waals surface area contributed by atoms with Gasteiger partial charge in [0.05, 0.1) is 0 Å². The zero-order valence-corrected chi connectivity index (χ0v) is 12.6. The minimum Gasteiger partial charge on any atom is -0.481 e. The highest BCUT2D eigenvalue weighted by Gasteiger charge is 2.25. The van der Waals surface area contributed by atoms with Crippen LogP contribution in [-0.2, 0) is 4.79 Å². The topological polar surface area (TPSA) is 40.5 Å². The lowest BCUT2D eigenvalue weighted by Crippen LogP contribution is -2.37. The summed E-state index contributed by atoms with van der Waals surface area (Å²) in [5, 5.41) is 8.79. The van der Waals surface area contributed by atoms with Crippen LogP contribution in [0.1, 0.15) is 48.4 Å². The number of carboxylic acids is 1. The highest BCUT2D eigenvalue weighted by atomic mass is 32.1. The van der Waals surface area contributed by atoms with Gasteiger partial charge in [-0.2, -0.15) is 0 Å². The Morgan fingerprint density at radius 2 is 2.37 bits per heavy atom. The Labute approximate surface area is 119 Å². The fourth-order valence-corrected chi connectivity index (χ4v) is 3.83. The van der Waals surface area contributed by atoms with Crippen molar-refractivity contribution in [3.63, 3.8) is 0 Å². The number of carbonyl (C=O) groups is 1. The van der Waals surface area contributed by atoms with Crippen LogP contribution in [0.2, 0.25) is 0 Å². The van der Waals surface area contributed by atoms with Gasteiger partial charge in [-0.3, -0.25) is 9.69 Å². The molecule has 0 aromatic carbocycles. The number of hydrogen-bond acceptors (Lipinski definition) is 3. The maximum Gasteiger partial charge on any atom is 0.303 e. The van der Waals surface area contributed by atoms with E-state index in [1.54, 1.807) is 0 Å². The molecule has 0 aliphatic carbocycles. The van der Waals surface area contributed by atoms with E-state index in [0.717, 1.165) is 19.5 Å². The molecule has 1 aromatic heterocycles. The van der Waals surface area contributed by atoms with Crippen molar-refractivity contribution in [2.24, 2.45) is 5.92 Å². The molecule has 0 amide bonds. The summed E-state index contributed by atoms with van der Waals surface area (Å²) in [6.07, 6.45) is 3.51. The summed E-state index contributed by atoms with van der Waals surface area (Å²) in [5.41, 5.74) is 0. The van der Waals surface area contributed by atoms with Crippen LogP contribution in [0.5, 0.6) is 0 Å². The largest absolute Gasteiger partial charge is 0.481 e. The van der Waals surface area contributed by atoms with Crippen LogP contribution in [0.15, 0.2) is 12.1 Å². The predicted octanol–water partition coefficient (Wildman–Crippen LogP) is 3.69. The Kier molecular flexibility index (Phi) is 4.99. The van der Waals surface area contributed by atoms with Crippen LogP contribution in [0.4, 0.5) is 0 Å². The second-order valence-corrected chi connectivity index (χ2v) is 6.88. The number of carboxylic acid groups (broad SMARTS) is 1. The van der Waals surface area contributed by atoms with Crippen LogP contribution in [-0.4, -0.2) is 29.1 Å². The van der Waals surface area contributed by atoms with E-state index in [1.807, 2.05) is 11.3 Å². The first kappa shape index (κ1) is 14.5. The molecule has 3 nitrogen and oxygen atoms in total. The Bertz CT molecular complexity index is 430. The maximum absolute atomic E-state index is 10.7. The summed E-state index contributed by atoms with van der Waals surface area (Å²) in [4.78, 5) is 16.0. The van der Waals surface area contributed by atoms with Crippen molar-refractivity contribution in [1.82, 2.24) is 4.90 Å². The molecular weight excluding hydrogens is 258 g/mol. The number of thiophene rings is 1. The normalized spacial score (nSPS) is 22.3. The molecule has 1 aliphatic rings. The van der Waals surface area contributed by atoms with E-state index in [2.05, 4.69) is 30.9 Å². The van der Waals surface area contributed by atoms with Gasteiger partial charge in [-0.05, 0) is 57.7 Å². The van der Waals surface area contributed by atoms with Crippen LogP contribution in [0.3, 0.4) is 0 Å². The average molecular weight is 281 g/mol. The molecule has 0 saturated carbocycles. The van der Waals surface area contributed by atoms with Gasteiger partial charge >= 0.3 is 5.97 Å². The summed E-state index contributed by atoms with van der Waals surface area (Å²) in [5.74, 6) is -0.118. The van der Waals surface area contributed by atoms with Crippen molar-refractivity contribution in [3.05, 3.63) is 21.9 Å². The van der Waals surface area contributed by atoms with Gasteiger partial charge in [0, 0.05) is 28.8 Å². The minimum atomic E-state index is -0.668. The number of hydrogen-bond donors (Lipinski definition) is 1. The zero-order chi connectivity index (χ0) is 13.8. The second-order valence-electron chi connectivity index (χ2n) is 5.56. The molecule has 1 N–H and O–H groups in total. The molecule has 2 heterocycles. The maximum atomic E-state index is 10.7. The van der Waals surface area contributed by atoms with Crippen LogP contribution in [0.25, 0.3) is 0 Å². The Morgan fingerprint density at radius 1 is 1.58 bits per heavy atom. The first-order chi connectivity index (χ1) is 9.06. The summed E-state index contributed by atoms with van der Waals surface area (Å²) >= 11 is 1.87. The summed E-state index contributed by atoms with van der Waals surface area (Å²) < 4.78 is 0. The summed E-state index contributed by atoms with van der Waals surface area (Å²) in [7, 11) is 0. The Morgan fingerprint density at radius 3 is 3.00 bits per heavy atom. The van der Waals surface area contributed by atoms with Crippen molar-refractivity contribution in [3.8, 4) is 0 Å². The molecule has 106 valence electrons. The van der Waals surface area contributed by atoms with Gasteiger partial charge in [-0.15, -0.1) is 11.3 Å². The molecule has 1 fully saturated rings. The Balaban J connectivity index is 1.91. The summed E-state index contributed by atoms with van der Waals surface area (Å²) in [6, 6.07) is 4.87. The van der Waals surface area contributed by atoms with Gasteiger partial charge in [0.1, 0.15) is 0 Å². The van der Waals surface area contributed by atoms with Gasteiger partial charge < -0.3 is 5.11 Å². The first-order valence-corrected chi connectivity index (χ1v) is 7.90. The van der Waals surface area contributed by atoms with Gasteiger partial charge in [0.2, 0.25) is 0 Å². The SMILES string of the molecule is Cc1ccc(C(C)N2CCCC(CCC(=O)O)C2)s1. The molecule has 4 heteroatoms. The van der Waals surface area contributed by atoms with Gasteiger partial charge in [-0.1, -0.05) is 0 Å². The molecule has 0 bridgehead atoms. The van der Waals surface area contributed by atoms with Gasteiger partial charge in [-0.25, -0.2) is 0 Å². The van der Waals surface area contributed by atoms with E-state index in [1.165, 1.54) is 22.6 Å². The number of aryl methyl sites for hydroxylation is 1. The third kappa shape index (κ3) is 4.05. The van der Waals surface area contributed by atoms with Crippen LogP contribution >= 0.6 is 11.3 Å². The van der Waals surface area contributed by atoms with E-state index >= 15 is 0 Å². The average Bonchev–Trinajstić information content (AvgIpc) is 2.82. The molecular formula is C15H23NO2S. The van der Waals surface area contributed by atoms with E-state index in [9.17, 15) is 4.79 Å². The fourth-order valence-electron chi connectivity index (χ4n) is 2.87.